The molecule has 27 heavy (non-hydrogen) atoms. The highest BCUT2D eigenvalue weighted by Gasteiger charge is 2.28. The second kappa shape index (κ2) is 7.93. The summed E-state index contributed by atoms with van der Waals surface area (Å²) in [5.74, 6) is -1.19. The Bertz CT molecular complexity index is 927. The van der Waals surface area contributed by atoms with Crippen molar-refractivity contribution in [2.75, 3.05) is 39.0 Å². The second-order valence-corrected chi connectivity index (χ2v) is 8.79. The van der Waals surface area contributed by atoms with Gasteiger partial charge in [-0.25, -0.2) is 13.4 Å². The molecule has 1 N–H and O–H groups in total. The van der Waals surface area contributed by atoms with Gasteiger partial charge < -0.3 is 14.2 Å². The van der Waals surface area contributed by atoms with Crippen LogP contribution >= 0.6 is 0 Å². The van der Waals surface area contributed by atoms with Gasteiger partial charge in [0.05, 0.1) is 24.7 Å². The van der Waals surface area contributed by atoms with Crippen molar-refractivity contribution in [1.82, 2.24) is 18.6 Å². The molecule has 3 heterocycles. The Hall–Kier alpha value is -2.01. The quantitative estimate of drug-likeness (QED) is 0.712. The van der Waals surface area contributed by atoms with E-state index < -0.39 is 22.5 Å². The summed E-state index contributed by atoms with van der Waals surface area (Å²) >= 11 is 0. The van der Waals surface area contributed by atoms with Crippen LogP contribution in [0.4, 0.5) is 0 Å². The second-order valence-electron chi connectivity index (χ2n) is 6.80. The molecule has 1 unspecified atom stereocenters. The van der Waals surface area contributed by atoms with Gasteiger partial charge in [0, 0.05) is 38.1 Å². The minimum absolute atomic E-state index is 0.0197. The summed E-state index contributed by atoms with van der Waals surface area (Å²) in [6.07, 6.45) is 2.63. The lowest BCUT2D eigenvalue weighted by molar-refractivity contribution is -0.137. The number of hydrogen-bond donors (Lipinski definition) is 1. The third-order valence-corrected chi connectivity index (χ3v) is 5.76. The summed E-state index contributed by atoms with van der Waals surface area (Å²) in [4.78, 5) is 17.7. The maximum absolute atomic E-state index is 11.8. The number of carboxylic acids is 1. The van der Waals surface area contributed by atoms with E-state index in [0.717, 1.165) is 27.6 Å². The van der Waals surface area contributed by atoms with E-state index in [-0.39, 0.29) is 12.6 Å². The molecule has 0 amide bonds. The lowest BCUT2D eigenvalue weighted by Crippen LogP contribution is -2.49. The number of aromatic nitrogens is 2. The molecule has 0 saturated carbocycles. The van der Waals surface area contributed by atoms with Crippen molar-refractivity contribution in [1.29, 1.82) is 0 Å². The number of morpholine rings is 1. The molecule has 2 aromatic rings. The minimum atomic E-state index is -3.62. The number of ether oxygens (including phenoxy) is 1. The van der Waals surface area contributed by atoms with Gasteiger partial charge in [0.1, 0.15) is 12.2 Å². The van der Waals surface area contributed by atoms with Crippen LogP contribution in [0.1, 0.15) is 11.4 Å². The number of aryl methyl sites for hydroxylation is 1. The summed E-state index contributed by atoms with van der Waals surface area (Å²) in [7, 11) is -3.62. The molecule has 1 saturated heterocycles. The first kappa shape index (κ1) is 19.7. The first-order chi connectivity index (χ1) is 12.7. The summed E-state index contributed by atoms with van der Waals surface area (Å²) in [5, 5.41) is 8.95. The van der Waals surface area contributed by atoms with Crippen molar-refractivity contribution in [2.24, 2.45) is 0 Å². The number of hydrogen-bond acceptors (Lipinski definition) is 6. The van der Waals surface area contributed by atoms with Crippen LogP contribution in [0.2, 0.25) is 0 Å². The Kier molecular flexibility index (Phi) is 5.80. The highest BCUT2D eigenvalue weighted by molar-refractivity contribution is 7.88. The number of carbonyl (C=O) groups is 1. The molecule has 1 fully saturated rings. The third-order valence-electron chi connectivity index (χ3n) is 4.54. The van der Waals surface area contributed by atoms with Crippen LogP contribution in [0.5, 0.6) is 0 Å². The van der Waals surface area contributed by atoms with Gasteiger partial charge >= 0.3 is 5.97 Å². The normalized spacial score (nSPS) is 19.0. The molecule has 3 rings (SSSR count). The van der Waals surface area contributed by atoms with Gasteiger partial charge in [-0.1, -0.05) is 6.07 Å². The summed E-state index contributed by atoms with van der Waals surface area (Å²) in [6.45, 7) is 3.78. The number of rotatable bonds is 7. The van der Waals surface area contributed by atoms with Crippen molar-refractivity contribution >= 4 is 21.6 Å². The minimum Gasteiger partial charge on any atom is -0.480 e. The van der Waals surface area contributed by atoms with Gasteiger partial charge in [-0.15, -0.1) is 0 Å². The zero-order valence-electron chi connectivity index (χ0n) is 15.4. The molecule has 0 aromatic carbocycles. The van der Waals surface area contributed by atoms with Crippen LogP contribution < -0.4 is 0 Å². The predicted molar refractivity (Wildman–Crippen MR) is 99.0 cm³/mol. The van der Waals surface area contributed by atoms with Crippen molar-refractivity contribution in [3.05, 3.63) is 35.8 Å². The van der Waals surface area contributed by atoms with Crippen LogP contribution in [-0.2, 0) is 26.1 Å². The first-order valence-corrected chi connectivity index (χ1v) is 10.5. The van der Waals surface area contributed by atoms with Crippen molar-refractivity contribution in [2.45, 2.75) is 19.6 Å². The number of carboxylic acid groups (broad SMARTS) is 1. The third kappa shape index (κ3) is 5.04. The highest BCUT2D eigenvalue weighted by atomic mass is 32.2. The fourth-order valence-corrected chi connectivity index (χ4v) is 4.02. The van der Waals surface area contributed by atoms with Crippen LogP contribution in [-0.4, -0.2) is 83.2 Å². The summed E-state index contributed by atoms with van der Waals surface area (Å²) in [5.41, 5.74) is 2.92. The monoisotopic (exact) mass is 396 g/mol. The summed E-state index contributed by atoms with van der Waals surface area (Å²) < 4.78 is 32.3. The van der Waals surface area contributed by atoms with Gasteiger partial charge in [0.15, 0.2) is 0 Å². The van der Waals surface area contributed by atoms with E-state index in [1.165, 1.54) is 0 Å². The number of fused-ring (bicyclic) bond motifs is 1. The van der Waals surface area contributed by atoms with E-state index in [0.29, 0.717) is 26.2 Å². The van der Waals surface area contributed by atoms with E-state index in [1.807, 2.05) is 35.7 Å². The van der Waals surface area contributed by atoms with E-state index in [9.17, 15) is 13.2 Å². The fourth-order valence-electron chi connectivity index (χ4n) is 3.23. The molecule has 2 aromatic heterocycles. The maximum atomic E-state index is 11.8. The molecule has 0 bridgehead atoms. The molecule has 0 radical (unpaired) electrons. The average Bonchev–Trinajstić information content (AvgIpc) is 2.97. The molecule has 0 spiro atoms. The molecular formula is C17H24N4O5S. The molecule has 9 nitrogen and oxygen atoms in total. The van der Waals surface area contributed by atoms with E-state index in [4.69, 9.17) is 9.84 Å². The summed E-state index contributed by atoms with van der Waals surface area (Å²) in [6, 6.07) is 5.94. The molecule has 1 aliphatic heterocycles. The molecular weight excluding hydrogens is 372 g/mol. The highest BCUT2D eigenvalue weighted by Crippen LogP contribution is 2.14. The zero-order valence-corrected chi connectivity index (χ0v) is 16.2. The van der Waals surface area contributed by atoms with Crippen LogP contribution in [0.15, 0.2) is 24.4 Å². The van der Waals surface area contributed by atoms with Crippen molar-refractivity contribution < 1.29 is 23.1 Å². The van der Waals surface area contributed by atoms with Gasteiger partial charge in [0.25, 0.3) is 0 Å². The van der Waals surface area contributed by atoms with Crippen LogP contribution in [0.3, 0.4) is 0 Å². The zero-order chi connectivity index (χ0) is 19.6. The lowest BCUT2D eigenvalue weighted by atomic mass is 10.2. The SMILES string of the molecule is Cc1cccc2nc(CN3CCOC(CN(CC(=O)O)S(C)(=O)=O)C3)cn12. The molecule has 0 aliphatic carbocycles. The van der Waals surface area contributed by atoms with Gasteiger partial charge in [-0.05, 0) is 19.1 Å². The number of aliphatic carboxylic acids is 1. The molecule has 10 heteroatoms. The van der Waals surface area contributed by atoms with Gasteiger partial charge in [-0.2, -0.15) is 4.31 Å². The standard InChI is InChI=1S/C17H24N4O5S/c1-13-4-3-5-16-18-14(9-21(13)16)8-19-6-7-26-15(10-19)11-20(12-17(22)23)27(2,24)25/h3-5,9,15H,6-8,10-12H2,1-2H3,(H,22,23). The van der Waals surface area contributed by atoms with Crippen LogP contribution in [0, 0.1) is 6.92 Å². The van der Waals surface area contributed by atoms with E-state index >= 15 is 0 Å². The molecule has 1 aliphatic rings. The van der Waals surface area contributed by atoms with Crippen LogP contribution in [0.25, 0.3) is 5.65 Å². The lowest BCUT2D eigenvalue weighted by Gasteiger charge is -2.34. The van der Waals surface area contributed by atoms with Gasteiger partial charge in [-0.3, -0.25) is 9.69 Å². The number of sulfonamides is 1. The maximum Gasteiger partial charge on any atom is 0.318 e. The average molecular weight is 396 g/mol. The van der Waals surface area contributed by atoms with Crippen molar-refractivity contribution in [3.63, 3.8) is 0 Å². The van der Waals surface area contributed by atoms with E-state index in [1.54, 1.807) is 0 Å². The Morgan fingerprint density at radius 2 is 2.22 bits per heavy atom. The number of pyridine rings is 1. The Morgan fingerprint density at radius 3 is 2.89 bits per heavy atom. The number of imidazole rings is 1. The Balaban J connectivity index is 1.66. The number of nitrogens with zero attached hydrogens (tertiary/aromatic N) is 4. The largest absolute Gasteiger partial charge is 0.480 e. The first-order valence-electron chi connectivity index (χ1n) is 8.67. The van der Waals surface area contributed by atoms with Gasteiger partial charge in [0.2, 0.25) is 10.0 Å². The molecule has 148 valence electrons. The predicted octanol–water partition coefficient (Wildman–Crippen LogP) is 0.190. The van der Waals surface area contributed by atoms with E-state index in [2.05, 4.69) is 9.88 Å². The smallest absolute Gasteiger partial charge is 0.318 e. The molecule has 1 atom stereocenters. The topological polar surface area (TPSA) is 104 Å². The van der Waals surface area contributed by atoms with Crippen molar-refractivity contribution in [3.8, 4) is 0 Å². The Labute approximate surface area is 158 Å². The fraction of sp³-hybridized carbons (Fsp3) is 0.529. The Morgan fingerprint density at radius 1 is 1.44 bits per heavy atom.